The van der Waals surface area contributed by atoms with Crippen molar-refractivity contribution in [3.8, 4) is 5.88 Å². The summed E-state index contributed by atoms with van der Waals surface area (Å²) in [5, 5.41) is 0. The Labute approximate surface area is 84.0 Å². The van der Waals surface area contributed by atoms with Crippen molar-refractivity contribution in [2.24, 2.45) is 5.73 Å². The zero-order valence-corrected chi connectivity index (χ0v) is 8.56. The minimum atomic E-state index is 0.0104. The summed E-state index contributed by atoms with van der Waals surface area (Å²) in [4.78, 5) is 4.11. The fourth-order valence-corrected chi connectivity index (χ4v) is 1.08. The average molecular weight is 196 g/mol. The van der Waals surface area contributed by atoms with Gasteiger partial charge in [-0.25, -0.2) is 4.98 Å². The number of ether oxygens (including phenoxy) is 2. The molecule has 0 saturated carbocycles. The van der Waals surface area contributed by atoms with E-state index < -0.39 is 0 Å². The smallest absolute Gasteiger partial charge is 0.213 e. The van der Waals surface area contributed by atoms with Crippen molar-refractivity contribution in [3.05, 3.63) is 23.9 Å². The van der Waals surface area contributed by atoms with Gasteiger partial charge in [-0.15, -0.1) is 0 Å². The Kier molecular flexibility index (Phi) is 4.35. The lowest BCUT2D eigenvalue weighted by atomic mass is 10.3. The number of aromatic nitrogens is 1. The van der Waals surface area contributed by atoms with Crippen LogP contribution < -0.4 is 10.5 Å². The maximum absolute atomic E-state index is 5.48. The van der Waals surface area contributed by atoms with Crippen LogP contribution in [0.15, 0.2) is 18.3 Å². The summed E-state index contributed by atoms with van der Waals surface area (Å²) in [7, 11) is 1.64. The molecule has 1 atom stereocenters. The minimum absolute atomic E-state index is 0.0104. The molecule has 4 nitrogen and oxygen atoms in total. The lowest BCUT2D eigenvalue weighted by molar-refractivity contribution is 0.0889. The summed E-state index contributed by atoms with van der Waals surface area (Å²) in [6.45, 7) is 2.99. The van der Waals surface area contributed by atoms with Crippen LogP contribution >= 0.6 is 0 Å². The van der Waals surface area contributed by atoms with Crippen LogP contribution in [0.3, 0.4) is 0 Å². The number of hydrogen-bond donors (Lipinski definition) is 1. The second kappa shape index (κ2) is 5.57. The van der Waals surface area contributed by atoms with Crippen molar-refractivity contribution >= 4 is 0 Å². The lowest BCUT2D eigenvalue weighted by Gasteiger charge is -2.12. The van der Waals surface area contributed by atoms with Crippen molar-refractivity contribution in [2.75, 3.05) is 13.7 Å². The molecule has 14 heavy (non-hydrogen) atoms. The molecule has 0 spiro atoms. The number of nitrogens with two attached hydrogens (primary N) is 1. The minimum Gasteiger partial charge on any atom is -0.472 e. The van der Waals surface area contributed by atoms with E-state index >= 15 is 0 Å². The molecule has 1 heterocycles. The molecule has 1 rings (SSSR count). The Balaban J connectivity index is 2.50. The van der Waals surface area contributed by atoms with Gasteiger partial charge in [0.25, 0.3) is 0 Å². The molecule has 0 aliphatic carbocycles. The van der Waals surface area contributed by atoms with Crippen molar-refractivity contribution in [1.29, 1.82) is 0 Å². The van der Waals surface area contributed by atoms with Crippen molar-refractivity contribution in [3.63, 3.8) is 0 Å². The van der Waals surface area contributed by atoms with E-state index in [1.165, 1.54) is 0 Å². The Morgan fingerprint density at radius 3 is 2.79 bits per heavy atom. The second-order valence-corrected chi connectivity index (χ2v) is 3.09. The molecule has 4 heteroatoms. The van der Waals surface area contributed by atoms with Crippen LogP contribution in [-0.2, 0) is 11.3 Å². The summed E-state index contributed by atoms with van der Waals surface area (Å²) in [5.41, 5.74) is 6.45. The third-order valence-electron chi connectivity index (χ3n) is 1.76. The number of methoxy groups -OCH3 is 1. The Hall–Kier alpha value is -1.13. The first-order valence-electron chi connectivity index (χ1n) is 4.57. The van der Waals surface area contributed by atoms with Crippen LogP contribution in [0.4, 0.5) is 0 Å². The Morgan fingerprint density at radius 1 is 1.50 bits per heavy atom. The van der Waals surface area contributed by atoms with Gasteiger partial charge in [0, 0.05) is 25.9 Å². The molecule has 0 bridgehead atoms. The Morgan fingerprint density at radius 2 is 2.29 bits per heavy atom. The normalized spacial score (nSPS) is 12.5. The van der Waals surface area contributed by atoms with E-state index in [4.69, 9.17) is 15.2 Å². The fourth-order valence-electron chi connectivity index (χ4n) is 1.08. The molecule has 2 N–H and O–H groups in total. The van der Waals surface area contributed by atoms with Crippen LogP contribution in [-0.4, -0.2) is 24.8 Å². The summed E-state index contributed by atoms with van der Waals surface area (Å²) in [6.07, 6.45) is 1.73. The summed E-state index contributed by atoms with van der Waals surface area (Å²) in [6, 6.07) is 3.72. The SMILES string of the molecule is COCC(C)Oc1ccc(CN)cn1. The number of hydrogen-bond acceptors (Lipinski definition) is 4. The van der Waals surface area contributed by atoms with Gasteiger partial charge in [-0.1, -0.05) is 6.07 Å². The van der Waals surface area contributed by atoms with Crippen LogP contribution in [0.1, 0.15) is 12.5 Å². The van der Waals surface area contributed by atoms with Crippen LogP contribution in [0.25, 0.3) is 0 Å². The van der Waals surface area contributed by atoms with Gasteiger partial charge in [0.2, 0.25) is 5.88 Å². The highest BCUT2D eigenvalue weighted by Crippen LogP contribution is 2.09. The molecule has 78 valence electrons. The van der Waals surface area contributed by atoms with Gasteiger partial charge >= 0.3 is 0 Å². The van der Waals surface area contributed by atoms with Gasteiger partial charge in [0.1, 0.15) is 6.10 Å². The van der Waals surface area contributed by atoms with E-state index in [1.807, 2.05) is 19.1 Å². The number of nitrogens with zero attached hydrogens (tertiary/aromatic N) is 1. The topological polar surface area (TPSA) is 57.4 Å². The van der Waals surface area contributed by atoms with E-state index in [0.717, 1.165) is 5.56 Å². The van der Waals surface area contributed by atoms with E-state index in [9.17, 15) is 0 Å². The number of rotatable bonds is 5. The van der Waals surface area contributed by atoms with Gasteiger partial charge in [-0.2, -0.15) is 0 Å². The second-order valence-electron chi connectivity index (χ2n) is 3.09. The fraction of sp³-hybridized carbons (Fsp3) is 0.500. The standard InChI is InChI=1S/C10H16N2O2/c1-8(7-13-2)14-10-4-3-9(5-11)6-12-10/h3-4,6,8H,5,7,11H2,1-2H3. The summed E-state index contributed by atoms with van der Waals surface area (Å²) in [5.74, 6) is 0.603. The van der Waals surface area contributed by atoms with Gasteiger partial charge in [0.05, 0.1) is 6.61 Å². The summed E-state index contributed by atoms with van der Waals surface area (Å²) >= 11 is 0. The molecule has 0 radical (unpaired) electrons. The predicted octanol–water partition coefficient (Wildman–Crippen LogP) is 0.954. The first-order valence-corrected chi connectivity index (χ1v) is 4.57. The third-order valence-corrected chi connectivity index (χ3v) is 1.76. The first-order chi connectivity index (χ1) is 6.76. The van der Waals surface area contributed by atoms with E-state index in [0.29, 0.717) is 19.0 Å². The van der Waals surface area contributed by atoms with Crippen LogP contribution in [0.5, 0.6) is 5.88 Å². The molecule has 0 aliphatic rings. The maximum atomic E-state index is 5.48. The lowest BCUT2D eigenvalue weighted by Crippen LogP contribution is -2.18. The Bertz CT molecular complexity index is 261. The molecular weight excluding hydrogens is 180 g/mol. The average Bonchev–Trinajstić information content (AvgIpc) is 2.19. The third kappa shape index (κ3) is 3.32. The van der Waals surface area contributed by atoms with Crippen LogP contribution in [0.2, 0.25) is 0 Å². The molecule has 0 saturated heterocycles. The van der Waals surface area contributed by atoms with Crippen molar-refractivity contribution in [1.82, 2.24) is 4.98 Å². The van der Waals surface area contributed by atoms with Crippen molar-refractivity contribution in [2.45, 2.75) is 19.6 Å². The van der Waals surface area contributed by atoms with Gasteiger partial charge < -0.3 is 15.2 Å². The molecule has 1 unspecified atom stereocenters. The van der Waals surface area contributed by atoms with Crippen molar-refractivity contribution < 1.29 is 9.47 Å². The largest absolute Gasteiger partial charge is 0.472 e. The molecule has 0 amide bonds. The summed E-state index contributed by atoms with van der Waals surface area (Å²) < 4.78 is 10.4. The molecular formula is C10H16N2O2. The zero-order chi connectivity index (χ0) is 10.4. The first kappa shape index (κ1) is 10.9. The highest BCUT2D eigenvalue weighted by Gasteiger charge is 2.03. The highest BCUT2D eigenvalue weighted by molar-refractivity contribution is 5.17. The molecule has 1 aromatic rings. The number of pyridine rings is 1. The maximum Gasteiger partial charge on any atom is 0.213 e. The molecule has 0 aliphatic heterocycles. The van der Waals surface area contributed by atoms with Gasteiger partial charge in [-0.3, -0.25) is 0 Å². The monoisotopic (exact) mass is 196 g/mol. The highest BCUT2D eigenvalue weighted by atomic mass is 16.5. The van der Waals surface area contributed by atoms with Crippen LogP contribution in [0, 0.1) is 0 Å². The zero-order valence-electron chi connectivity index (χ0n) is 8.56. The quantitative estimate of drug-likeness (QED) is 0.762. The van der Waals surface area contributed by atoms with E-state index in [2.05, 4.69) is 4.98 Å². The van der Waals surface area contributed by atoms with E-state index in [-0.39, 0.29) is 6.10 Å². The molecule has 0 aromatic carbocycles. The van der Waals surface area contributed by atoms with Gasteiger partial charge in [0.15, 0.2) is 0 Å². The predicted molar refractivity (Wildman–Crippen MR) is 54.1 cm³/mol. The van der Waals surface area contributed by atoms with E-state index in [1.54, 1.807) is 13.3 Å². The van der Waals surface area contributed by atoms with Gasteiger partial charge in [-0.05, 0) is 12.5 Å². The molecule has 0 fully saturated rings. The molecule has 1 aromatic heterocycles.